The minimum Gasteiger partial charge on any atom is -0.465 e. The van der Waals surface area contributed by atoms with E-state index in [1.165, 1.54) is 11.1 Å². The molecule has 3 heteroatoms. The lowest BCUT2D eigenvalue weighted by atomic mass is 10.1. The van der Waals surface area contributed by atoms with Crippen LogP contribution in [0.4, 0.5) is 0 Å². The monoisotopic (exact) mass is 266 g/mol. The highest BCUT2D eigenvalue weighted by Gasteiger charge is 2.19. The SMILES string of the molecule is CCCC(SCc1ccccc1C)C(=O)OCC. The number of aryl methyl sites for hydroxylation is 1. The van der Waals surface area contributed by atoms with Crippen molar-refractivity contribution in [2.24, 2.45) is 0 Å². The molecule has 0 radical (unpaired) electrons. The summed E-state index contributed by atoms with van der Waals surface area (Å²) in [5.74, 6) is 0.800. The molecule has 0 amide bonds. The molecule has 1 aromatic rings. The first-order valence-electron chi connectivity index (χ1n) is 6.51. The summed E-state index contributed by atoms with van der Waals surface area (Å²) in [5, 5.41) is -0.0328. The average molecular weight is 266 g/mol. The zero-order valence-electron chi connectivity index (χ0n) is 11.4. The van der Waals surface area contributed by atoms with Gasteiger partial charge in [0.05, 0.1) is 6.61 Å². The number of carbonyl (C=O) groups is 1. The molecule has 0 aliphatic rings. The molecule has 0 fully saturated rings. The number of hydrogen-bond acceptors (Lipinski definition) is 3. The van der Waals surface area contributed by atoms with Gasteiger partial charge < -0.3 is 4.74 Å². The molecule has 0 heterocycles. The molecule has 0 spiro atoms. The Morgan fingerprint density at radius 2 is 2.06 bits per heavy atom. The quantitative estimate of drug-likeness (QED) is 0.699. The maximum atomic E-state index is 11.8. The van der Waals surface area contributed by atoms with E-state index >= 15 is 0 Å². The lowest BCUT2D eigenvalue weighted by molar-refractivity contribution is -0.142. The molecule has 18 heavy (non-hydrogen) atoms. The van der Waals surface area contributed by atoms with Crippen molar-refractivity contribution in [3.8, 4) is 0 Å². The second kappa shape index (κ2) is 8.20. The van der Waals surface area contributed by atoms with E-state index in [1.807, 2.05) is 19.1 Å². The molecule has 2 nitrogen and oxygen atoms in total. The zero-order chi connectivity index (χ0) is 13.4. The van der Waals surface area contributed by atoms with Crippen LogP contribution < -0.4 is 0 Å². The minimum absolute atomic E-state index is 0.0328. The van der Waals surface area contributed by atoms with Gasteiger partial charge in [-0.1, -0.05) is 37.6 Å². The summed E-state index contributed by atoms with van der Waals surface area (Å²) in [6.45, 7) is 6.52. The second-order valence-electron chi connectivity index (χ2n) is 4.27. The summed E-state index contributed by atoms with van der Waals surface area (Å²) >= 11 is 1.69. The van der Waals surface area contributed by atoms with Crippen LogP contribution in [0.1, 0.15) is 37.8 Å². The highest BCUT2D eigenvalue weighted by Crippen LogP contribution is 2.24. The number of carbonyl (C=O) groups excluding carboxylic acids is 1. The smallest absolute Gasteiger partial charge is 0.319 e. The first-order valence-corrected chi connectivity index (χ1v) is 7.56. The molecule has 100 valence electrons. The Hall–Kier alpha value is -0.960. The molecule has 0 N–H and O–H groups in total. The zero-order valence-corrected chi connectivity index (χ0v) is 12.3. The lowest BCUT2D eigenvalue weighted by Gasteiger charge is -2.15. The molecule has 1 rings (SSSR count). The van der Waals surface area contributed by atoms with Gasteiger partial charge in [-0.05, 0) is 31.4 Å². The van der Waals surface area contributed by atoms with Crippen LogP contribution in [0.5, 0.6) is 0 Å². The number of esters is 1. The Kier molecular flexibility index (Phi) is 6.88. The third-order valence-electron chi connectivity index (χ3n) is 2.80. The van der Waals surface area contributed by atoms with Gasteiger partial charge in [0.1, 0.15) is 5.25 Å². The van der Waals surface area contributed by atoms with E-state index in [0.717, 1.165) is 18.6 Å². The molecular weight excluding hydrogens is 244 g/mol. The van der Waals surface area contributed by atoms with Crippen molar-refractivity contribution in [1.82, 2.24) is 0 Å². The Morgan fingerprint density at radius 3 is 2.67 bits per heavy atom. The fraction of sp³-hybridized carbons (Fsp3) is 0.533. The van der Waals surface area contributed by atoms with E-state index in [1.54, 1.807) is 11.8 Å². The number of rotatable bonds is 7. The highest BCUT2D eigenvalue weighted by molar-refractivity contribution is 7.99. The summed E-state index contributed by atoms with van der Waals surface area (Å²) in [4.78, 5) is 11.8. The molecule has 1 unspecified atom stereocenters. The van der Waals surface area contributed by atoms with Gasteiger partial charge in [-0.2, -0.15) is 0 Å². The Bertz CT molecular complexity index is 377. The van der Waals surface area contributed by atoms with E-state index < -0.39 is 0 Å². The summed E-state index contributed by atoms with van der Waals surface area (Å²) in [5.41, 5.74) is 2.58. The molecule has 0 aliphatic heterocycles. The predicted molar refractivity (Wildman–Crippen MR) is 77.8 cm³/mol. The highest BCUT2D eigenvalue weighted by atomic mass is 32.2. The lowest BCUT2D eigenvalue weighted by Crippen LogP contribution is -2.20. The molecule has 0 bridgehead atoms. The van der Waals surface area contributed by atoms with Crippen LogP contribution in [0.2, 0.25) is 0 Å². The van der Waals surface area contributed by atoms with Gasteiger partial charge in [0.2, 0.25) is 0 Å². The number of ether oxygens (including phenoxy) is 1. The largest absolute Gasteiger partial charge is 0.465 e. The molecule has 0 saturated carbocycles. The number of benzene rings is 1. The summed E-state index contributed by atoms with van der Waals surface area (Å²) in [6, 6.07) is 8.31. The van der Waals surface area contributed by atoms with E-state index in [2.05, 4.69) is 26.0 Å². The Labute approximate surface area is 114 Å². The van der Waals surface area contributed by atoms with Crippen LogP contribution in [0.25, 0.3) is 0 Å². The van der Waals surface area contributed by atoms with Gasteiger partial charge >= 0.3 is 5.97 Å². The van der Waals surface area contributed by atoms with Crippen LogP contribution in [0, 0.1) is 6.92 Å². The van der Waals surface area contributed by atoms with E-state index in [9.17, 15) is 4.79 Å². The fourth-order valence-corrected chi connectivity index (χ4v) is 3.04. The molecule has 0 saturated heterocycles. The van der Waals surface area contributed by atoms with Gasteiger partial charge in [0, 0.05) is 5.75 Å². The molecule has 0 aliphatic carbocycles. The molecular formula is C15H22O2S. The van der Waals surface area contributed by atoms with Crippen LogP contribution in [-0.2, 0) is 15.3 Å². The first kappa shape index (κ1) is 15.1. The van der Waals surface area contributed by atoms with Gasteiger partial charge in [-0.25, -0.2) is 0 Å². The van der Waals surface area contributed by atoms with Crippen LogP contribution in [0.15, 0.2) is 24.3 Å². The van der Waals surface area contributed by atoms with E-state index in [-0.39, 0.29) is 11.2 Å². The number of thioether (sulfide) groups is 1. The van der Waals surface area contributed by atoms with Crippen molar-refractivity contribution in [3.63, 3.8) is 0 Å². The van der Waals surface area contributed by atoms with Gasteiger partial charge in [0.25, 0.3) is 0 Å². The first-order chi connectivity index (χ1) is 8.69. The predicted octanol–water partition coefficient (Wildman–Crippen LogP) is 3.96. The second-order valence-corrected chi connectivity index (χ2v) is 5.46. The fourth-order valence-electron chi connectivity index (χ4n) is 1.73. The van der Waals surface area contributed by atoms with Crippen molar-refractivity contribution < 1.29 is 9.53 Å². The van der Waals surface area contributed by atoms with Crippen molar-refractivity contribution in [3.05, 3.63) is 35.4 Å². The summed E-state index contributed by atoms with van der Waals surface area (Å²) < 4.78 is 5.12. The van der Waals surface area contributed by atoms with Crippen molar-refractivity contribution in [2.45, 2.75) is 44.6 Å². The summed E-state index contributed by atoms with van der Waals surface area (Å²) in [6.07, 6.45) is 1.89. The van der Waals surface area contributed by atoms with Gasteiger partial charge in [0.15, 0.2) is 0 Å². The normalized spacial score (nSPS) is 12.2. The van der Waals surface area contributed by atoms with Crippen molar-refractivity contribution in [2.75, 3.05) is 6.61 Å². The van der Waals surface area contributed by atoms with Crippen LogP contribution >= 0.6 is 11.8 Å². The van der Waals surface area contributed by atoms with Gasteiger partial charge in [-0.3, -0.25) is 4.79 Å². The minimum atomic E-state index is -0.0714. The third-order valence-corrected chi connectivity index (χ3v) is 4.11. The molecule has 1 aromatic carbocycles. The van der Waals surface area contributed by atoms with E-state index in [0.29, 0.717) is 6.61 Å². The molecule has 1 atom stereocenters. The van der Waals surface area contributed by atoms with Crippen LogP contribution in [-0.4, -0.2) is 17.8 Å². The topological polar surface area (TPSA) is 26.3 Å². The van der Waals surface area contributed by atoms with Crippen molar-refractivity contribution in [1.29, 1.82) is 0 Å². The maximum absolute atomic E-state index is 11.8. The standard InChI is InChI=1S/C15H22O2S/c1-4-8-14(15(16)17-5-2)18-11-13-10-7-6-9-12(13)3/h6-7,9-10,14H,4-5,8,11H2,1-3H3. The summed E-state index contributed by atoms with van der Waals surface area (Å²) in [7, 11) is 0. The molecule has 0 aromatic heterocycles. The van der Waals surface area contributed by atoms with E-state index in [4.69, 9.17) is 4.74 Å². The maximum Gasteiger partial charge on any atom is 0.319 e. The van der Waals surface area contributed by atoms with Gasteiger partial charge in [-0.15, -0.1) is 11.8 Å². The Morgan fingerprint density at radius 1 is 1.33 bits per heavy atom. The third kappa shape index (κ3) is 4.73. The Balaban J connectivity index is 2.57. The van der Waals surface area contributed by atoms with Crippen molar-refractivity contribution >= 4 is 17.7 Å². The van der Waals surface area contributed by atoms with Crippen LogP contribution in [0.3, 0.4) is 0 Å². The number of hydrogen-bond donors (Lipinski definition) is 0. The average Bonchev–Trinajstić information content (AvgIpc) is 2.36.